The Morgan fingerprint density at radius 2 is 1.46 bits per heavy atom. The fourth-order valence-electron chi connectivity index (χ4n) is 8.38. The molecule has 3 aromatic rings. The van der Waals surface area contributed by atoms with E-state index in [9.17, 15) is 24.3 Å². The van der Waals surface area contributed by atoms with Crippen molar-refractivity contribution in [3.63, 3.8) is 0 Å². The molecule has 2 aliphatic heterocycles. The number of amides is 1. The largest absolute Gasteiger partial charge is 0.481 e. The molecule has 5 heterocycles. The van der Waals surface area contributed by atoms with Crippen LogP contribution in [0.5, 0.6) is 0 Å². The number of aromatic amines is 2. The Kier molecular flexibility index (Phi) is 13.9. The zero-order valence-electron chi connectivity index (χ0n) is 34.4. The number of nitrogens with zero attached hydrogens (tertiary/aromatic N) is 3. The first-order chi connectivity index (χ1) is 26.7. The first-order valence-corrected chi connectivity index (χ1v) is 20.0. The van der Waals surface area contributed by atoms with Crippen LogP contribution in [0.15, 0.2) is 18.2 Å². The third kappa shape index (κ3) is 8.89. The maximum absolute atomic E-state index is 14.3. The summed E-state index contributed by atoms with van der Waals surface area (Å²) < 4.78 is 5.20. The van der Waals surface area contributed by atoms with Crippen LogP contribution in [0.3, 0.4) is 0 Å². The Morgan fingerprint density at radius 3 is 2.11 bits per heavy atom. The fourth-order valence-corrected chi connectivity index (χ4v) is 8.38. The summed E-state index contributed by atoms with van der Waals surface area (Å²) in [4.78, 5) is 72.3. The highest BCUT2D eigenvalue weighted by Gasteiger charge is 2.34. The van der Waals surface area contributed by atoms with Gasteiger partial charge in [-0.15, -0.1) is 0 Å². The van der Waals surface area contributed by atoms with Crippen molar-refractivity contribution >= 4 is 45.7 Å². The standard InChI is InChI=1S/C43H59N7O6/c1-10-28-23(4)31-22-36-39(27(8)51)25(6)33(47-36)20-32-24(5)29(13-14-37(52)53)41(48-32)30(19-38(54)56-9)42-40(26(7)34(49-42)21-35(28)46-31)43(55)45-16-15-44-17-18-50(11-2)12-3/h20-24,28-29,44,47,49H,10-19H2,1-9H3,(H,45,55)(H,52,53)/t23-,24+,28-,29+/m1/s1. The van der Waals surface area contributed by atoms with E-state index in [1.807, 2.05) is 39.0 Å². The van der Waals surface area contributed by atoms with Gasteiger partial charge in [-0.1, -0.05) is 34.6 Å². The minimum absolute atomic E-state index is 0.0527. The van der Waals surface area contributed by atoms with Crippen LogP contribution in [0.25, 0.3) is 22.1 Å². The van der Waals surface area contributed by atoms with Gasteiger partial charge < -0.3 is 35.3 Å². The van der Waals surface area contributed by atoms with Crippen LogP contribution in [-0.2, 0) is 20.7 Å². The second kappa shape index (κ2) is 18.4. The molecule has 0 fully saturated rings. The van der Waals surface area contributed by atoms with Gasteiger partial charge >= 0.3 is 11.9 Å². The molecule has 13 heteroatoms. The summed E-state index contributed by atoms with van der Waals surface area (Å²) in [5.74, 6) is -2.38. The van der Waals surface area contributed by atoms with Crippen LogP contribution < -0.4 is 10.6 Å². The highest BCUT2D eigenvalue weighted by atomic mass is 16.5. The van der Waals surface area contributed by atoms with Crippen molar-refractivity contribution in [1.82, 2.24) is 35.5 Å². The number of carbonyl (C=O) groups is 4. The average Bonchev–Trinajstić information content (AvgIpc) is 3.85. The lowest BCUT2D eigenvalue weighted by atomic mass is 9.85. The molecule has 13 nitrogen and oxygen atoms in total. The van der Waals surface area contributed by atoms with Crippen molar-refractivity contribution in [2.24, 2.45) is 0 Å². The molecule has 3 aromatic heterocycles. The molecule has 0 aromatic carbocycles. The van der Waals surface area contributed by atoms with Gasteiger partial charge in [0.25, 0.3) is 5.91 Å². The number of esters is 1. The SMILES string of the molecule is CC[C@H]1c2cc3[nH]c(c(CC(=O)OC)c4nc(cc5[nH]c(cc(n2)[C@@H]1C)c(C(C)=O)c5C)[C@@H](C)[C@@H]4CCC(=O)O)c(C(=O)NCCNCCN(CC)CC)c3C. The molecule has 5 rings (SSSR count). The molecule has 2 aliphatic rings. The molecule has 0 radical (unpaired) electrons. The van der Waals surface area contributed by atoms with E-state index in [4.69, 9.17) is 14.7 Å². The van der Waals surface area contributed by atoms with Gasteiger partial charge in [0.15, 0.2) is 5.78 Å². The van der Waals surface area contributed by atoms with E-state index in [1.165, 1.54) is 7.11 Å². The van der Waals surface area contributed by atoms with E-state index in [-0.39, 0.29) is 48.7 Å². The number of hydrogen-bond donors (Lipinski definition) is 5. The van der Waals surface area contributed by atoms with E-state index in [2.05, 4.69) is 53.2 Å². The summed E-state index contributed by atoms with van der Waals surface area (Å²) in [5, 5.41) is 16.3. The predicted molar refractivity (Wildman–Crippen MR) is 219 cm³/mol. The topological polar surface area (TPSA) is 182 Å². The molecule has 4 atom stereocenters. The zero-order valence-corrected chi connectivity index (χ0v) is 34.4. The lowest BCUT2D eigenvalue weighted by Crippen LogP contribution is -2.36. The van der Waals surface area contributed by atoms with Crippen LogP contribution in [-0.4, -0.2) is 99.9 Å². The number of ether oxygens (including phenoxy) is 1. The molecule has 5 N–H and O–H groups in total. The smallest absolute Gasteiger partial charge is 0.310 e. The number of Topliss-reactive ketones (excluding diaryl/α,β-unsaturated/α-hetero) is 1. The Bertz CT molecular complexity index is 2130. The summed E-state index contributed by atoms with van der Waals surface area (Å²) >= 11 is 0. The first-order valence-electron chi connectivity index (χ1n) is 20.0. The number of aliphatic carboxylic acids is 1. The van der Waals surface area contributed by atoms with E-state index in [0.29, 0.717) is 68.8 Å². The molecule has 0 saturated heterocycles. The minimum atomic E-state index is -0.945. The van der Waals surface area contributed by atoms with Crippen molar-refractivity contribution in [2.45, 2.75) is 105 Å². The van der Waals surface area contributed by atoms with Gasteiger partial charge in [0.05, 0.1) is 35.8 Å². The van der Waals surface area contributed by atoms with Crippen LogP contribution in [0.2, 0.25) is 0 Å². The highest BCUT2D eigenvalue weighted by molar-refractivity contribution is 6.06. The first kappa shape index (κ1) is 42.3. The van der Waals surface area contributed by atoms with E-state index in [0.717, 1.165) is 49.6 Å². The molecule has 8 bridgehead atoms. The number of carboxylic acid groups (broad SMARTS) is 1. The van der Waals surface area contributed by atoms with Crippen molar-refractivity contribution < 1.29 is 29.0 Å². The van der Waals surface area contributed by atoms with E-state index in [1.54, 1.807) is 6.92 Å². The molecule has 0 aliphatic carbocycles. The van der Waals surface area contributed by atoms with Crippen LogP contribution in [0, 0.1) is 13.8 Å². The van der Waals surface area contributed by atoms with E-state index >= 15 is 0 Å². The van der Waals surface area contributed by atoms with Gasteiger partial charge in [0.1, 0.15) is 0 Å². The number of methoxy groups -OCH3 is 1. The average molecular weight is 770 g/mol. The van der Waals surface area contributed by atoms with Gasteiger partial charge in [0.2, 0.25) is 0 Å². The fraction of sp³-hybridized carbons (Fsp3) is 0.535. The maximum atomic E-state index is 14.3. The summed E-state index contributed by atoms with van der Waals surface area (Å²) in [6.07, 6.45) is 0.751. The number of aryl methyl sites for hydroxylation is 2. The van der Waals surface area contributed by atoms with E-state index < -0.39 is 17.9 Å². The number of aromatic nitrogens is 4. The molecule has 0 unspecified atom stereocenters. The summed E-state index contributed by atoms with van der Waals surface area (Å²) in [5.41, 5.74) is 8.29. The number of H-pyrrole nitrogens is 2. The Labute approximate surface area is 329 Å². The van der Waals surface area contributed by atoms with Gasteiger partial charge in [-0.25, -0.2) is 0 Å². The second-order valence-corrected chi connectivity index (χ2v) is 15.1. The monoisotopic (exact) mass is 769 g/mol. The molecule has 0 saturated carbocycles. The summed E-state index contributed by atoms with van der Waals surface area (Å²) in [6, 6.07) is 5.87. The molecule has 56 heavy (non-hydrogen) atoms. The second-order valence-electron chi connectivity index (χ2n) is 15.1. The summed E-state index contributed by atoms with van der Waals surface area (Å²) in [6.45, 7) is 20.5. The minimum Gasteiger partial charge on any atom is -0.481 e. The maximum Gasteiger partial charge on any atom is 0.310 e. The zero-order chi connectivity index (χ0) is 40.8. The number of ketones is 1. The van der Waals surface area contributed by atoms with Crippen molar-refractivity contribution in [3.05, 3.63) is 68.8 Å². The third-order valence-corrected chi connectivity index (χ3v) is 11.8. The third-order valence-electron chi connectivity index (χ3n) is 11.8. The lowest BCUT2D eigenvalue weighted by Gasteiger charge is -2.18. The van der Waals surface area contributed by atoms with Gasteiger partial charge in [-0.2, -0.15) is 0 Å². The molecule has 1 amide bonds. The van der Waals surface area contributed by atoms with Crippen LogP contribution in [0.4, 0.5) is 0 Å². The number of nitrogens with one attached hydrogen (secondary N) is 4. The molecule has 302 valence electrons. The Balaban J connectivity index is 1.83. The Hall–Kier alpha value is -4.88. The molecular formula is C43H59N7O6. The number of fused-ring (bicyclic) bond motifs is 8. The molecular weight excluding hydrogens is 711 g/mol. The number of hydrogen-bond acceptors (Lipinski definition) is 9. The molecule has 0 spiro atoms. The predicted octanol–water partition coefficient (Wildman–Crippen LogP) is 6.56. The van der Waals surface area contributed by atoms with Crippen LogP contribution >= 0.6 is 0 Å². The Morgan fingerprint density at radius 1 is 0.839 bits per heavy atom. The van der Waals surface area contributed by atoms with Gasteiger partial charge in [-0.05, 0) is 76.0 Å². The van der Waals surface area contributed by atoms with Crippen molar-refractivity contribution in [3.8, 4) is 0 Å². The van der Waals surface area contributed by atoms with Gasteiger partial charge in [0, 0.05) is 95.5 Å². The number of carboxylic acids is 1. The normalized spacial score (nSPS) is 18.0. The lowest BCUT2D eigenvalue weighted by molar-refractivity contribution is -0.140. The van der Waals surface area contributed by atoms with Crippen molar-refractivity contribution in [2.75, 3.05) is 46.4 Å². The van der Waals surface area contributed by atoms with Crippen LogP contribution in [0.1, 0.15) is 145 Å². The quantitative estimate of drug-likeness (QED) is 0.0608. The van der Waals surface area contributed by atoms with Gasteiger partial charge in [-0.3, -0.25) is 29.1 Å². The summed E-state index contributed by atoms with van der Waals surface area (Å²) in [7, 11) is 1.32. The highest BCUT2D eigenvalue weighted by Crippen LogP contribution is 2.43. The van der Waals surface area contributed by atoms with Crippen molar-refractivity contribution in [1.29, 1.82) is 0 Å². The number of rotatable bonds is 16. The number of carbonyl (C=O) groups excluding carboxylic acids is 3. The number of likely N-dealkylation sites (N-methyl/N-ethyl adjacent to an activating group) is 1.